The fourth-order valence-corrected chi connectivity index (χ4v) is 2.82. The van der Waals surface area contributed by atoms with E-state index in [0.717, 1.165) is 5.22 Å². The number of fused-ring (bicyclic) bond motifs is 3. The molecule has 2 aromatic carbocycles. The second-order valence-corrected chi connectivity index (χ2v) is 5.88. The Hall–Kier alpha value is -3.20. The molecule has 0 aliphatic carbocycles. The Bertz CT molecular complexity index is 1080. The third-order valence-electron chi connectivity index (χ3n) is 4.07. The molecule has 0 spiro atoms. The van der Waals surface area contributed by atoms with Gasteiger partial charge in [0.15, 0.2) is 5.54 Å². The van der Waals surface area contributed by atoms with Crippen LogP contribution < -0.4 is 10.6 Å². The molecule has 0 radical (unpaired) electrons. The number of hydrogen-bond acceptors (Lipinski definition) is 5. The van der Waals surface area contributed by atoms with Gasteiger partial charge in [-0.25, -0.2) is 4.39 Å². The van der Waals surface area contributed by atoms with Gasteiger partial charge in [-0.05, 0) is 31.2 Å². The summed E-state index contributed by atoms with van der Waals surface area (Å²) in [5.74, 6) is -0.386. The normalized spacial score (nSPS) is 20.8. The fraction of sp³-hybridized carbons (Fsp3) is 0.167. The molecule has 0 amide bonds. The largest absolute Gasteiger partial charge is 0.280 e. The lowest BCUT2D eigenvalue weighted by molar-refractivity contribution is 0.609. The molecule has 24 heavy (non-hydrogen) atoms. The maximum atomic E-state index is 14.4. The van der Waals surface area contributed by atoms with Crippen molar-refractivity contribution >= 4 is 17.6 Å². The molecule has 2 aliphatic heterocycles. The van der Waals surface area contributed by atoms with E-state index in [9.17, 15) is 9.65 Å². The molecule has 5 nitrogen and oxygen atoms in total. The van der Waals surface area contributed by atoms with Crippen molar-refractivity contribution in [2.24, 2.45) is 20.2 Å². The van der Waals surface area contributed by atoms with Gasteiger partial charge in [0.25, 0.3) is 0 Å². The van der Waals surface area contributed by atoms with Crippen LogP contribution in [0.5, 0.6) is 0 Å². The van der Waals surface area contributed by atoms with E-state index in [1.54, 1.807) is 31.3 Å². The Labute approximate surface area is 137 Å². The molecule has 116 valence electrons. The summed E-state index contributed by atoms with van der Waals surface area (Å²) in [6, 6.07) is 12.2. The first kappa shape index (κ1) is 14.4. The average molecular weight is 317 g/mol. The molecule has 1 atom stereocenters. The quantitative estimate of drug-likeness (QED) is 0.796. The maximum absolute atomic E-state index is 14.4. The summed E-state index contributed by atoms with van der Waals surface area (Å²) in [6.07, 6.45) is 1.63. The van der Waals surface area contributed by atoms with Crippen LogP contribution in [0, 0.1) is 17.1 Å². The van der Waals surface area contributed by atoms with E-state index in [1.165, 1.54) is 6.07 Å². The molecule has 0 N–H and O–H groups in total. The number of azo groups is 1. The lowest BCUT2D eigenvalue weighted by atomic mass is 9.98. The lowest BCUT2D eigenvalue weighted by Crippen LogP contribution is -2.31. The minimum atomic E-state index is -1.06. The van der Waals surface area contributed by atoms with Crippen LogP contribution in [0.25, 0.3) is 6.20 Å². The topological polar surface area (TPSA) is 73.2 Å². The third kappa shape index (κ3) is 2.14. The smallest absolute Gasteiger partial charge is 0.164 e. The van der Waals surface area contributed by atoms with Crippen LogP contribution in [0.4, 0.5) is 10.1 Å². The summed E-state index contributed by atoms with van der Waals surface area (Å²) >= 11 is 0. The van der Waals surface area contributed by atoms with Gasteiger partial charge in [-0.2, -0.15) is 15.5 Å². The monoisotopic (exact) mass is 317 g/mol. The summed E-state index contributed by atoms with van der Waals surface area (Å²) in [6.45, 7) is 1.89. The SMILES string of the molecule is CC1(C#N)CN=c2c(ccc3c2=CN=N3)C(c2ccccc2F)=N1. The van der Waals surface area contributed by atoms with E-state index in [-0.39, 0.29) is 12.4 Å². The Kier molecular flexibility index (Phi) is 3.10. The second-order valence-electron chi connectivity index (χ2n) is 5.88. The molecule has 2 heterocycles. The van der Waals surface area contributed by atoms with Gasteiger partial charge < -0.3 is 0 Å². The van der Waals surface area contributed by atoms with Crippen LogP contribution in [0.1, 0.15) is 18.1 Å². The first-order valence-electron chi connectivity index (χ1n) is 7.46. The lowest BCUT2D eigenvalue weighted by Gasteiger charge is -2.15. The van der Waals surface area contributed by atoms with Gasteiger partial charge in [-0.15, -0.1) is 0 Å². The average Bonchev–Trinajstić information content (AvgIpc) is 3.02. The molecule has 0 saturated heterocycles. The van der Waals surface area contributed by atoms with Crippen molar-refractivity contribution in [3.63, 3.8) is 0 Å². The van der Waals surface area contributed by atoms with Gasteiger partial charge in [0.2, 0.25) is 0 Å². The van der Waals surface area contributed by atoms with E-state index in [4.69, 9.17) is 0 Å². The maximum Gasteiger partial charge on any atom is 0.164 e. The predicted octanol–water partition coefficient (Wildman–Crippen LogP) is 2.41. The summed E-state index contributed by atoms with van der Waals surface area (Å²) < 4.78 is 14.4. The number of halogens is 1. The fourth-order valence-electron chi connectivity index (χ4n) is 2.82. The highest BCUT2D eigenvalue weighted by molar-refractivity contribution is 6.13. The molecule has 6 heteroatoms. The van der Waals surface area contributed by atoms with Gasteiger partial charge >= 0.3 is 0 Å². The van der Waals surface area contributed by atoms with Crippen LogP contribution >= 0.6 is 0 Å². The Morgan fingerprint density at radius 1 is 1.17 bits per heavy atom. The minimum absolute atomic E-state index is 0.193. The highest BCUT2D eigenvalue weighted by Gasteiger charge is 2.28. The zero-order valence-electron chi connectivity index (χ0n) is 12.9. The van der Waals surface area contributed by atoms with Crippen molar-refractivity contribution in [2.75, 3.05) is 6.54 Å². The standard InChI is InChI=1S/C18H12FN5/c1-18(9-20)10-21-16-12(6-7-15-13(16)8-22-24-15)17(23-18)11-4-2-3-5-14(11)19/h2-8H,10H2,1H3. The number of aliphatic imine (C=N–C) groups is 1. The molecule has 2 aliphatic rings. The molecule has 4 rings (SSSR count). The first-order chi connectivity index (χ1) is 11.6. The van der Waals surface area contributed by atoms with Crippen molar-refractivity contribution < 1.29 is 4.39 Å². The van der Waals surface area contributed by atoms with Gasteiger partial charge in [0.1, 0.15) is 5.82 Å². The Morgan fingerprint density at radius 3 is 2.79 bits per heavy atom. The molecular formula is C18H12FN5. The summed E-state index contributed by atoms with van der Waals surface area (Å²) in [4.78, 5) is 9.15. The highest BCUT2D eigenvalue weighted by Crippen LogP contribution is 2.21. The van der Waals surface area contributed by atoms with Crippen LogP contribution in [-0.4, -0.2) is 17.8 Å². The van der Waals surface area contributed by atoms with Crippen LogP contribution in [0.2, 0.25) is 0 Å². The zero-order chi connectivity index (χ0) is 16.7. The van der Waals surface area contributed by atoms with Gasteiger partial charge in [-0.3, -0.25) is 9.98 Å². The second kappa shape index (κ2) is 5.17. The van der Waals surface area contributed by atoms with Crippen molar-refractivity contribution in [3.8, 4) is 6.07 Å². The number of nitriles is 1. The number of nitrogens with zero attached hydrogens (tertiary/aromatic N) is 5. The van der Waals surface area contributed by atoms with Gasteiger partial charge in [-0.1, -0.05) is 12.1 Å². The van der Waals surface area contributed by atoms with Crippen molar-refractivity contribution in [1.82, 2.24) is 0 Å². The molecule has 0 bridgehead atoms. The predicted molar refractivity (Wildman–Crippen MR) is 87.1 cm³/mol. The van der Waals surface area contributed by atoms with Crippen LogP contribution in [0.3, 0.4) is 0 Å². The van der Waals surface area contributed by atoms with E-state index in [0.29, 0.717) is 27.9 Å². The minimum Gasteiger partial charge on any atom is -0.280 e. The number of hydrogen-bond donors (Lipinski definition) is 0. The number of rotatable bonds is 1. The van der Waals surface area contributed by atoms with Crippen LogP contribution in [-0.2, 0) is 0 Å². The Morgan fingerprint density at radius 2 is 2.00 bits per heavy atom. The molecule has 0 fully saturated rings. The van der Waals surface area contributed by atoms with E-state index in [1.807, 2.05) is 12.1 Å². The summed E-state index contributed by atoms with van der Waals surface area (Å²) in [5.41, 5.74) is 1.11. The van der Waals surface area contributed by atoms with Gasteiger partial charge in [0, 0.05) is 16.3 Å². The Balaban J connectivity index is 2.09. The third-order valence-corrected chi connectivity index (χ3v) is 4.07. The van der Waals surface area contributed by atoms with E-state index >= 15 is 0 Å². The molecular weight excluding hydrogens is 305 g/mol. The first-order valence-corrected chi connectivity index (χ1v) is 7.46. The summed E-state index contributed by atoms with van der Waals surface area (Å²) in [7, 11) is 0. The highest BCUT2D eigenvalue weighted by atomic mass is 19.1. The molecule has 1 unspecified atom stereocenters. The molecule has 2 aromatic rings. The summed E-state index contributed by atoms with van der Waals surface area (Å²) in [5, 5.41) is 18.9. The molecule has 0 saturated carbocycles. The van der Waals surface area contributed by atoms with Gasteiger partial charge in [0.05, 0.1) is 35.6 Å². The van der Waals surface area contributed by atoms with Crippen molar-refractivity contribution in [2.45, 2.75) is 12.5 Å². The number of benzene rings is 2. The van der Waals surface area contributed by atoms with Crippen LogP contribution in [0.15, 0.2) is 56.6 Å². The molecule has 0 aromatic heterocycles. The van der Waals surface area contributed by atoms with E-state index < -0.39 is 5.54 Å². The van der Waals surface area contributed by atoms with Crippen molar-refractivity contribution in [3.05, 3.63) is 63.9 Å². The van der Waals surface area contributed by atoms with E-state index in [2.05, 4.69) is 26.3 Å². The van der Waals surface area contributed by atoms with Crippen molar-refractivity contribution in [1.29, 1.82) is 5.26 Å². The zero-order valence-corrected chi connectivity index (χ0v) is 12.9.